The molecule has 13 heavy (non-hydrogen) atoms. The molecule has 3 fully saturated rings. The predicted octanol–water partition coefficient (Wildman–Crippen LogP) is 1.13. The van der Waals surface area contributed by atoms with Gasteiger partial charge in [0.1, 0.15) is 0 Å². The van der Waals surface area contributed by atoms with Gasteiger partial charge in [-0.3, -0.25) is 0 Å². The summed E-state index contributed by atoms with van der Waals surface area (Å²) in [4.78, 5) is 0. The molecule has 0 aromatic heterocycles. The van der Waals surface area contributed by atoms with Crippen LogP contribution in [0.2, 0.25) is 0 Å². The second kappa shape index (κ2) is 2.48. The zero-order valence-corrected chi connectivity index (χ0v) is 8.08. The fourth-order valence-corrected chi connectivity index (χ4v) is 3.30. The minimum Gasteiger partial charge on any atom is -0.392 e. The molecule has 3 aliphatic carbocycles. The summed E-state index contributed by atoms with van der Waals surface area (Å²) in [5, 5.41) is 10.2. The molecule has 0 amide bonds. The van der Waals surface area contributed by atoms with E-state index in [1.165, 1.54) is 19.3 Å². The quantitative estimate of drug-likeness (QED) is 0.685. The third kappa shape index (κ3) is 1.15. The summed E-state index contributed by atoms with van der Waals surface area (Å²) >= 11 is 0. The zero-order valence-electron chi connectivity index (χ0n) is 8.08. The van der Waals surface area contributed by atoms with Gasteiger partial charge in [-0.1, -0.05) is 0 Å². The first-order chi connectivity index (χ1) is 6.25. The summed E-state index contributed by atoms with van der Waals surface area (Å²) in [6, 6.07) is 0. The Hall–Kier alpha value is -0.0800. The van der Waals surface area contributed by atoms with Crippen LogP contribution in [0.4, 0.5) is 0 Å². The molecular weight excluding hydrogens is 162 g/mol. The smallest absolute Gasteiger partial charge is 0.0636 e. The average Bonchev–Trinajstić information content (AvgIpc) is 3.05. The van der Waals surface area contributed by atoms with Crippen molar-refractivity contribution in [3.8, 4) is 0 Å². The van der Waals surface area contributed by atoms with Crippen molar-refractivity contribution in [2.75, 3.05) is 6.54 Å². The van der Waals surface area contributed by atoms with Crippen molar-refractivity contribution >= 4 is 0 Å². The van der Waals surface area contributed by atoms with Gasteiger partial charge in [0.05, 0.1) is 6.10 Å². The van der Waals surface area contributed by atoms with Crippen LogP contribution in [0.5, 0.6) is 0 Å². The second-order valence-electron chi connectivity index (χ2n) is 5.50. The number of rotatable bonds is 3. The van der Waals surface area contributed by atoms with Gasteiger partial charge in [0, 0.05) is 12.0 Å². The molecule has 0 aromatic rings. The molecular formula is C11H19NO. The molecule has 2 nitrogen and oxygen atoms in total. The highest BCUT2D eigenvalue weighted by Gasteiger charge is 2.55. The lowest BCUT2D eigenvalue weighted by atomic mass is 9.85. The van der Waals surface area contributed by atoms with E-state index in [2.05, 4.69) is 0 Å². The van der Waals surface area contributed by atoms with Crippen LogP contribution in [-0.4, -0.2) is 17.8 Å². The van der Waals surface area contributed by atoms with Crippen LogP contribution >= 0.6 is 0 Å². The molecule has 0 heterocycles. The summed E-state index contributed by atoms with van der Waals surface area (Å²) in [6.45, 7) is 0.694. The standard InChI is InChI=1S/C11H19NO/c12-6-11(1-2-11)10(13)9-4-7-3-8(7)5-9/h7-10,13H,1-6,12H2. The van der Waals surface area contributed by atoms with E-state index in [0.717, 1.165) is 24.7 Å². The molecule has 0 aromatic carbocycles. The zero-order chi connectivity index (χ0) is 9.05. The van der Waals surface area contributed by atoms with E-state index in [0.29, 0.717) is 12.5 Å². The van der Waals surface area contributed by atoms with Crippen LogP contribution in [0.25, 0.3) is 0 Å². The first-order valence-electron chi connectivity index (χ1n) is 5.63. The van der Waals surface area contributed by atoms with Crippen molar-refractivity contribution < 1.29 is 5.11 Å². The fourth-order valence-electron chi connectivity index (χ4n) is 3.30. The Morgan fingerprint density at radius 3 is 2.31 bits per heavy atom. The molecule has 0 spiro atoms. The van der Waals surface area contributed by atoms with Gasteiger partial charge >= 0.3 is 0 Å². The van der Waals surface area contributed by atoms with E-state index in [4.69, 9.17) is 5.73 Å². The normalized spacial score (nSPS) is 47.1. The molecule has 74 valence electrons. The van der Waals surface area contributed by atoms with Crippen molar-refractivity contribution in [2.24, 2.45) is 28.9 Å². The highest BCUT2D eigenvalue weighted by atomic mass is 16.3. The molecule has 0 aliphatic heterocycles. The van der Waals surface area contributed by atoms with Crippen molar-refractivity contribution in [2.45, 2.75) is 38.2 Å². The predicted molar refractivity (Wildman–Crippen MR) is 51.0 cm³/mol. The van der Waals surface area contributed by atoms with Gasteiger partial charge in [0.25, 0.3) is 0 Å². The van der Waals surface area contributed by atoms with Crippen LogP contribution in [0.15, 0.2) is 0 Å². The average molecular weight is 181 g/mol. The van der Waals surface area contributed by atoms with Crippen molar-refractivity contribution in [1.82, 2.24) is 0 Å². The lowest BCUT2D eigenvalue weighted by Crippen LogP contribution is -2.35. The summed E-state index contributed by atoms with van der Waals surface area (Å²) in [5.74, 6) is 2.55. The van der Waals surface area contributed by atoms with E-state index >= 15 is 0 Å². The molecule has 3 rings (SSSR count). The minimum atomic E-state index is -0.0784. The summed E-state index contributed by atoms with van der Waals surface area (Å²) in [6.07, 6.45) is 6.26. The van der Waals surface area contributed by atoms with E-state index in [1.54, 1.807) is 0 Å². The first kappa shape index (κ1) is 8.25. The molecule has 3 aliphatic rings. The summed E-state index contributed by atoms with van der Waals surface area (Å²) in [7, 11) is 0. The second-order valence-corrected chi connectivity index (χ2v) is 5.50. The number of hydrogen-bond donors (Lipinski definition) is 2. The fraction of sp³-hybridized carbons (Fsp3) is 1.00. The lowest BCUT2D eigenvalue weighted by Gasteiger charge is -2.27. The van der Waals surface area contributed by atoms with Gasteiger partial charge in [-0.25, -0.2) is 0 Å². The Morgan fingerprint density at radius 1 is 1.23 bits per heavy atom. The Kier molecular flexibility index (Phi) is 1.58. The Labute approximate surface area is 79.5 Å². The Morgan fingerprint density at radius 2 is 1.85 bits per heavy atom. The number of aliphatic hydroxyl groups is 1. The van der Waals surface area contributed by atoms with Crippen LogP contribution in [-0.2, 0) is 0 Å². The van der Waals surface area contributed by atoms with Crippen LogP contribution in [0, 0.1) is 23.2 Å². The Balaban J connectivity index is 1.65. The SMILES string of the molecule is NCC1(C(O)C2CC3CC3C2)CC1. The van der Waals surface area contributed by atoms with Crippen molar-refractivity contribution in [3.63, 3.8) is 0 Å². The monoisotopic (exact) mass is 181 g/mol. The van der Waals surface area contributed by atoms with Gasteiger partial charge in [-0.15, -0.1) is 0 Å². The molecule has 3 N–H and O–H groups in total. The maximum atomic E-state index is 10.2. The maximum Gasteiger partial charge on any atom is 0.0636 e. The number of fused-ring (bicyclic) bond motifs is 1. The Bertz CT molecular complexity index is 214. The molecule has 0 radical (unpaired) electrons. The number of hydrogen-bond acceptors (Lipinski definition) is 2. The third-order valence-electron chi connectivity index (χ3n) is 4.65. The number of aliphatic hydroxyl groups excluding tert-OH is 1. The van der Waals surface area contributed by atoms with E-state index in [9.17, 15) is 5.11 Å². The molecule has 3 unspecified atom stereocenters. The van der Waals surface area contributed by atoms with Crippen molar-refractivity contribution in [1.29, 1.82) is 0 Å². The molecule has 3 atom stereocenters. The van der Waals surface area contributed by atoms with Crippen LogP contribution < -0.4 is 5.73 Å². The summed E-state index contributed by atoms with van der Waals surface area (Å²) < 4.78 is 0. The largest absolute Gasteiger partial charge is 0.392 e. The molecule has 2 heteroatoms. The minimum absolute atomic E-state index is 0.0784. The van der Waals surface area contributed by atoms with Crippen LogP contribution in [0.3, 0.4) is 0 Å². The number of nitrogens with two attached hydrogens (primary N) is 1. The topological polar surface area (TPSA) is 46.2 Å². The highest BCUT2D eigenvalue weighted by molar-refractivity contribution is 5.06. The molecule has 0 bridgehead atoms. The van der Waals surface area contributed by atoms with Gasteiger partial charge in [0.2, 0.25) is 0 Å². The summed E-state index contributed by atoms with van der Waals surface area (Å²) in [5.41, 5.74) is 5.88. The van der Waals surface area contributed by atoms with E-state index in [-0.39, 0.29) is 11.5 Å². The highest BCUT2D eigenvalue weighted by Crippen LogP contribution is 2.59. The molecule has 3 saturated carbocycles. The molecule has 0 saturated heterocycles. The van der Waals surface area contributed by atoms with E-state index < -0.39 is 0 Å². The maximum absolute atomic E-state index is 10.2. The van der Waals surface area contributed by atoms with Gasteiger partial charge in [0.15, 0.2) is 0 Å². The third-order valence-corrected chi connectivity index (χ3v) is 4.65. The van der Waals surface area contributed by atoms with Crippen LogP contribution in [0.1, 0.15) is 32.1 Å². The lowest BCUT2D eigenvalue weighted by molar-refractivity contribution is 0.0379. The first-order valence-corrected chi connectivity index (χ1v) is 5.63. The van der Waals surface area contributed by atoms with Crippen molar-refractivity contribution in [3.05, 3.63) is 0 Å². The van der Waals surface area contributed by atoms with Gasteiger partial charge < -0.3 is 10.8 Å². The van der Waals surface area contributed by atoms with Gasteiger partial charge in [-0.05, 0) is 49.9 Å². The van der Waals surface area contributed by atoms with E-state index in [1.807, 2.05) is 0 Å². The van der Waals surface area contributed by atoms with Gasteiger partial charge in [-0.2, -0.15) is 0 Å².